The predicted molar refractivity (Wildman–Crippen MR) is 112 cm³/mol. The third kappa shape index (κ3) is 4.42. The van der Waals surface area contributed by atoms with Crippen LogP contribution in [0.5, 0.6) is 0 Å². The van der Waals surface area contributed by atoms with E-state index >= 15 is 0 Å². The molecule has 0 unspecified atom stereocenters. The van der Waals surface area contributed by atoms with E-state index in [2.05, 4.69) is 29.2 Å². The molecule has 2 aromatic rings. The van der Waals surface area contributed by atoms with Crippen molar-refractivity contribution < 1.29 is 19.0 Å². The fourth-order valence-corrected chi connectivity index (χ4v) is 6.55. The number of ether oxygens (including phenoxy) is 3. The molecule has 0 aliphatic carbocycles. The van der Waals surface area contributed by atoms with E-state index in [1.165, 1.54) is 11.6 Å². The number of esters is 1. The van der Waals surface area contributed by atoms with E-state index in [1.54, 1.807) is 0 Å². The summed E-state index contributed by atoms with van der Waals surface area (Å²) in [4.78, 5) is 15.1. The molecule has 2 aromatic carbocycles. The van der Waals surface area contributed by atoms with Gasteiger partial charge in [-0.3, -0.25) is 0 Å². The quantitative estimate of drug-likeness (QED) is 0.490. The van der Waals surface area contributed by atoms with Crippen LogP contribution in [-0.4, -0.2) is 63.5 Å². The van der Waals surface area contributed by atoms with Gasteiger partial charge in [-0.1, -0.05) is 0 Å². The van der Waals surface area contributed by atoms with Gasteiger partial charge >= 0.3 is 178 Å². The topological polar surface area (TPSA) is 48.0 Å². The molecule has 4 atom stereocenters. The molecule has 154 valence electrons. The molecule has 2 heterocycles. The normalized spacial score (nSPS) is 26.8. The fraction of sp³-hybridized carbons (Fsp3) is 0.435. The second-order valence-corrected chi connectivity index (χ2v) is 10.2. The van der Waals surface area contributed by atoms with Gasteiger partial charge in [0, 0.05) is 0 Å². The molecule has 2 fully saturated rings. The van der Waals surface area contributed by atoms with Gasteiger partial charge in [0.1, 0.15) is 0 Å². The molecule has 2 aliphatic heterocycles. The summed E-state index contributed by atoms with van der Waals surface area (Å²) >= 11 is 0.270. The Labute approximate surface area is 178 Å². The van der Waals surface area contributed by atoms with Gasteiger partial charge in [0.2, 0.25) is 0 Å². The summed E-state index contributed by atoms with van der Waals surface area (Å²) in [5, 5.41) is 0.942. The Hall–Kier alpha value is -1.69. The number of benzene rings is 2. The van der Waals surface area contributed by atoms with Crippen LogP contribution < -0.4 is 4.46 Å². The Morgan fingerprint density at radius 2 is 1.79 bits per heavy atom. The SMILES string of the molecule is COC(=O)[C@H](c1ccccc1)N1C[C@@H]2OC(C)(C)O[C@@H]2[C@@H]1C[Se]c1ccccc1. The molecule has 2 saturated heterocycles. The first-order valence-corrected chi connectivity index (χ1v) is 12.0. The van der Waals surface area contributed by atoms with Crippen LogP contribution in [-0.2, 0) is 19.0 Å². The van der Waals surface area contributed by atoms with Crippen molar-refractivity contribution in [2.75, 3.05) is 13.7 Å². The molecule has 0 amide bonds. The number of carbonyl (C=O) groups is 1. The standard InChI is InChI=1S/C23H27NO4Se/c1-23(2)27-19-14-24(20(22(25)26-3)16-10-6-4-7-11-16)18(21(19)28-23)15-29-17-12-8-5-9-13-17/h4-13,18-21H,14-15H2,1-3H3/t18-,19-,20-,21+/m0/s1. The van der Waals surface area contributed by atoms with Gasteiger partial charge in [-0.05, 0) is 0 Å². The molecule has 0 spiro atoms. The van der Waals surface area contributed by atoms with Crippen LogP contribution in [0.15, 0.2) is 60.7 Å². The van der Waals surface area contributed by atoms with Crippen molar-refractivity contribution >= 4 is 25.4 Å². The third-order valence-corrected chi connectivity index (χ3v) is 7.79. The van der Waals surface area contributed by atoms with Crippen LogP contribution in [0.3, 0.4) is 0 Å². The van der Waals surface area contributed by atoms with E-state index in [9.17, 15) is 4.79 Å². The van der Waals surface area contributed by atoms with Crippen molar-refractivity contribution in [3.05, 3.63) is 66.2 Å². The van der Waals surface area contributed by atoms with Gasteiger partial charge in [0.05, 0.1) is 0 Å². The Balaban J connectivity index is 1.63. The predicted octanol–water partition coefficient (Wildman–Crippen LogP) is 2.55. The molecular formula is C23H27NO4Se. The van der Waals surface area contributed by atoms with Crippen LogP contribution in [0.2, 0.25) is 5.32 Å². The van der Waals surface area contributed by atoms with Crippen molar-refractivity contribution in [1.82, 2.24) is 4.90 Å². The van der Waals surface area contributed by atoms with Crippen molar-refractivity contribution in [3.63, 3.8) is 0 Å². The van der Waals surface area contributed by atoms with E-state index in [1.807, 2.05) is 50.2 Å². The van der Waals surface area contributed by atoms with Gasteiger partial charge in [-0.15, -0.1) is 0 Å². The second-order valence-electron chi connectivity index (χ2n) is 7.86. The van der Waals surface area contributed by atoms with Gasteiger partial charge in [0.15, 0.2) is 0 Å². The summed E-state index contributed by atoms with van der Waals surface area (Å²) in [6.45, 7) is 4.58. The maximum atomic E-state index is 12.8. The second kappa shape index (κ2) is 8.58. The molecule has 29 heavy (non-hydrogen) atoms. The molecular weight excluding hydrogens is 433 g/mol. The molecule has 6 heteroatoms. The number of carbonyl (C=O) groups excluding carboxylic acids is 1. The van der Waals surface area contributed by atoms with Crippen LogP contribution in [0, 0.1) is 0 Å². The minimum absolute atomic E-state index is 0.0440. The Morgan fingerprint density at radius 3 is 2.45 bits per heavy atom. The Bertz CT molecular complexity index is 829. The van der Waals surface area contributed by atoms with Crippen molar-refractivity contribution in [3.8, 4) is 0 Å². The number of nitrogens with zero attached hydrogens (tertiary/aromatic N) is 1. The summed E-state index contributed by atoms with van der Waals surface area (Å²) in [6.07, 6.45) is -0.0936. The zero-order chi connectivity index (χ0) is 20.4. The van der Waals surface area contributed by atoms with Crippen LogP contribution >= 0.6 is 0 Å². The van der Waals surface area contributed by atoms with Gasteiger partial charge in [0.25, 0.3) is 0 Å². The monoisotopic (exact) mass is 461 g/mol. The van der Waals surface area contributed by atoms with Crippen LogP contribution in [0.25, 0.3) is 0 Å². The van der Waals surface area contributed by atoms with E-state index in [0.29, 0.717) is 6.54 Å². The van der Waals surface area contributed by atoms with Crippen molar-refractivity contribution in [2.45, 2.75) is 49.2 Å². The molecule has 0 N–H and O–H groups in total. The zero-order valence-electron chi connectivity index (χ0n) is 17.0. The maximum absolute atomic E-state index is 12.8. The Kier molecular flexibility index (Phi) is 6.09. The van der Waals surface area contributed by atoms with E-state index in [0.717, 1.165) is 10.9 Å². The summed E-state index contributed by atoms with van der Waals surface area (Å²) in [5.74, 6) is -0.833. The van der Waals surface area contributed by atoms with E-state index in [-0.39, 0.29) is 39.2 Å². The zero-order valence-corrected chi connectivity index (χ0v) is 18.7. The average Bonchev–Trinajstić information content (AvgIpc) is 3.19. The molecule has 0 radical (unpaired) electrons. The Morgan fingerprint density at radius 1 is 1.14 bits per heavy atom. The molecule has 5 nitrogen and oxygen atoms in total. The van der Waals surface area contributed by atoms with Gasteiger partial charge in [-0.25, -0.2) is 0 Å². The molecule has 0 bridgehead atoms. The molecule has 0 saturated carbocycles. The molecule has 2 aliphatic rings. The number of methoxy groups -OCH3 is 1. The van der Waals surface area contributed by atoms with Gasteiger partial charge in [-0.2, -0.15) is 0 Å². The van der Waals surface area contributed by atoms with Crippen molar-refractivity contribution in [1.29, 1.82) is 0 Å². The number of hydrogen-bond acceptors (Lipinski definition) is 5. The summed E-state index contributed by atoms with van der Waals surface area (Å²) < 4.78 is 19.0. The first kappa shape index (κ1) is 20.6. The summed E-state index contributed by atoms with van der Waals surface area (Å²) in [7, 11) is 1.45. The number of hydrogen-bond donors (Lipinski definition) is 0. The molecule has 0 aromatic heterocycles. The third-order valence-electron chi connectivity index (χ3n) is 5.45. The molecule has 4 rings (SSSR count). The number of likely N-dealkylation sites (tertiary alicyclic amines) is 1. The van der Waals surface area contributed by atoms with Gasteiger partial charge < -0.3 is 0 Å². The number of fused-ring (bicyclic) bond motifs is 1. The minimum atomic E-state index is -0.590. The van der Waals surface area contributed by atoms with Crippen LogP contribution in [0.4, 0.5) is 0 Å². The first-order chi connectivity index (χ1) is 14.0. The van der Waals surface area contributed by atoms with Crippen molar-refractivity contribution in [2.24, 2.45) is 0 Å². The summed E-state index contributed by atoms with van der Waals surface area (Å²) in [6, 6.07) is 20.0. The van der Waals surface area contributed by atoms with Crippen LogP contribution in [0.1, 0.15) is 25.5 Å². The summed E-state index contributed by atoms with van der Waals surface area (Å²) in [5.41, 5.74) is 0.941. The fourth-order valence-electron chi connectivity index (χ4n) is 4.26. The van der Waals surface area contributed by atoms with E-state index in [4.69, 9.17) is 14.2 Å². The average molecular weight is 460 g/mol. The first-order valence-electron chi connectivity index (χ1n) is 9.90. The van der Waals surface area contributed by atoms with E-state index < -0.39 is 11.8 Å². The number of rotatable bonds is 6.